The monoisotopic (exact) mass is 331 g/mol. The highest BCUT2D eigenvalue weighted by molar-refractivity contribution is 5.92. The fourth-order valence-corrected chi connectivity index (χ4v) is 2.73. The number of aliphatic hydroxyl groups is 1. The summed E-state index contributed by atoms with van der Waals surface area (Å²) in [5.74, 6) is 0. The zero-order valence-electron chi connectivity index (χ0n) is 14.2. The first-order valence-electron chi connectivity index (χ1n) is 8.30. The Balaban J connectivity index is 1.97. The molecule has 0 fully saturated rings. The highest BCUT2D eigenvalue weighted by Gasteiger charge is 2.25. The second kappa shape index (κ2) is 8.44. The van der Waals surface area contributed by atoms with Gasteiger partial charge in [0.2, 0.25) is 0 Å². The Bertz CT molecular complexity index is 635. The molecule has 0 aromatic carbocycles. The lowest BCUT2D eigenvalue weighted by atomic mass is 9.93. The van der Waals surface area contributed by atoms with Crippen LogP contribution in [0.3, 0.4) is 0 Å². The fraction of sp³-hybridized carbons (Fsp3) is 0.471. The van der Waals surface area contributed by atoms with Crippen molar-refractivity contribution in [2.75, 3.05) is 11.9 Å². The molecule has 0 bridgehead atoms. The van der Waals surface area contributed by atoms with Crippen LogP contribution in [0.25, 0.3) is 11.4 Å². The SMILES string of the molecule is CCCC(O)(CCC)CNC(=O)Nc1cn[nH]c1-c1ccccn1. The molecule has 2 amide bonds. The summed E-state index contributed by atoms with van der Waals surface area (Å²) < 4.78 is 0. The maximum atomic E-state index is 12.2. The number of rotatable bonds is 8. The van der Waals surface area contributed by atoms with Gasteiger partial charge in [0.1, 0.15) is 5.69 Å². The van der Waals surface area contributed by atoms with Crippen LogP contribution in [0.5, 0.6) is 0 Å². The number of amides is 2. The van der Waals surface area contributed by atoms with E-state index in [0.29, 0.717) is 29.9 Å². The van der Waals surface area contributed by atoms with Crippen molar-refractivity contribution in [2.24, 2.45) is 0 Å². The van der Waals surface area contributed by atoms with Crippen molar-refractivity contribution in [3.05, 3.63) is 30.6 Å². The van der Waals surface area contributed by atoms with Crippen molar-refractivity contribution in [2.45, 2.75) is 45.1 Å². The second-order valence-corrected chi connectivity index (χ2v) is 5.91. The molecule has 2 heterocycles. The number of pyridine rings is 1. The van der Waals surface area contributed by atoms with Gasteiger partial charge >= 0.3 is 6.03 Å². The van der Waals surface area contributed by atoms with E-state index < -0.39 is 5.60 Å². The fourth-order valence-electron chi connectivity index (χ4n) is 2.73. The van der Waals surface area contributed by atoms with Crippen molar-refractivity contribution < 1.29 is 9.90 Å². The Morgan fingerprint density at radius 3 is 2.67 bits per heavy atom. The standard InChI is InChI=1S/C17H25N5O2/c1-3-8-17(24,9-4-2)12-19-16(23)21-14-11-20-22-15(14)13-7-5-6-10-18-13/h5-7,10-11,24H,3-4,8-9,12H2,1-2H3,(H,20,22)(H2,19,21,23). The molecule has 4 N–H and O–H groups in total. The molecule has 0 aliphatic heterocycles. The number of carbonyl (C=O) groups is 1. The molecule has 0 atom stereocenters. The van der Waals surface area contributed by atoms with Gasteiger partial charge in [-0.1, -0.05) is 32.8 Å². The molecule has 2 aromatic heterocycles. The number of aromatic amines is 1. The lowest BCUT2D eigenvalue weighted by Gasteiger charge is -2.27. The average Bonchev–Trinajstić information content (AvgIpc) is 3.02. The number of aromatic nitrogens is 3. The molecular formula is C17H25N5O2. The van der Waals surface area contributed by atoms with E-state index in [4.69, 9.17) is 0 Å². The predicted octanol–water partition coefficient (Wildman–Crippen LogP) is 2.92. The van der Waals surface area contributed by atoms with Crippen LogP contribution >= 0.6 is 0 Å². The normalized spacial score (nSPS) is 11.3. The van der Waals surface area contributed by atoms with Crippen molar-refractivity contribution in [3.8, 4) is 11.4 Å². The van der Waals surface area contributed by atoms with E-state index in [9.17, 15) is 9.90 Å². The predicted molar refractivity (Wildman–Crippen MR) is 93.6 cm³/mol. The van der Waals surface area contributed by atoms with Gasteiger partial charge in [0, 0.05) is 12.7 Å². The van der Waals surface area contributed by atoms with Crippen LogP contribution < -0.4 is 10.6 Å². The van der Waals surface area contributed by atoms with Crippen LogP contribution in [-0.2, 0) is 0 Å². The van der Waals surface area contributed by atoms with Gasteiger partial charge in [0.15, 0.2) is 0 Å². The quantitative estimate of drug-likeness (QED) is 0.597. The Morgan fingerprint density at radius 1 is 1.29 bits per heavy atom. The average molecular weight is 331 g/mol. The lowest BCUT2D eigenvalue weighted by molar-refractivity contribution is 0.0245. The Morgan fingerprint density at radius 2 is 2.04 bits per heavy atom. The smallest absolute Gasteiger partial charge is 0.319 e. The van der Waals surface area contributed by atoms with Crippen LogP contribution in [-0.4, -0.2) is 38.5 Å². The van der Waals surface area contributed by atoms with Crippen LogP contribution in [0, 0.1) is 0 Å². The van der Waals surface area contributed by atoms with Crippen LogP contribution in [0.1, 0.15) is 39.5 Å². The number of carbonyl (C=O) groups excluding carboxylic acids is 1. The Kier molecular flexibility index (Phi) is 6.31. The van der Waals surface area contributed by atoms with Gasteiger partial charge in [-0.05, 0) is 25.0 Å². The van der Waals surface area contributed by atoms with Crippen LogP contribution in [0.2, 0.25) is 0 Å². The number of anilines is 1. The van der Waals surface area contributed by atoms with Gasteiger partial charge in [-0.25, -0.2) is 4.79 Å². The second-order valence-electron chi connectivity index (χ2n) is 5.91. The maximum Gasteiger partial charge on any atom is 0.319 e. The largest absolute Gasteiger partial charge is 0.388 e. The number of hydrogen-bond donors (Lipinski definition) is 4. The number of H-pyrrole nitrogens is 1. The molecule has 2 rings (SSSR count). The van der Waals surface area contributed by atoms with E-state index in [1.54, 1.807) is 6.20 Å². The van der Waals surface area contributed by atoms with E-state index in [2.05, 4.69) is 25.8 Å². The third-order valence-corrected chi connectivity index (χ3v) is 3.82. The molecule has 2 aromatic rings. The van der Waals surface area contributed by atoms with Gasteiger partial charge in [0.25, 0.3) is 0 Å². The minimum absolute atomic E-state index is 0.220. The van der Waals surface area contributed by atoms with Gasteiger partial charge in [-0.15, -0.1) is 0 Å². The molecule has 7 nitrogen and oxygen atoms in total. The third-order valence-electron chi connectivity index (χ3n) is 3.82. The number of urea groups is 1. The molecule has 130 valence electrons. The minimum Gasteiger partial charge on any atom is -0.388 e. The number of nitrogens with one attached hydrogen (secondary N) is 3. The summed E-state index contributed by atoms with van der Waals surface area (Å²) in [6.45, 7) is 4.26. The van der Waals surface area contributed by atoms with Gasteiger partial charge in [-0.2, -0.15) is 5.10 Å². The number of nitrogens with zero attached hydrogens (tertiary/aromatic N) is 2. The zero-order chi connectivity index (χ0) is 17.4. The first-order valence-corrected chi connectivity index (χ1v) is 8.30. The van der Waals surface area contributed by atoms with E-state index >= 15 is 0 Å². The Hall–Kier alpha value is -2.41. The van der Waals surface area contributed by atoms with Crippen molar-refractivity contribution in [1.82, 2.24) is 20.5 Å². The highest BCUT2D eigenvalue weighted by atomic mass is 16.3. The molecule has 0 saturated heterocycles. The molecule has 7 heteroatoms. The maximum absolute atomic E-state index is 12.2. The molecule has 24 heavy (non-hydrogen) atoms. The first kappa shape index (κ1) is 17.9. The summed E-state index contributed by atoms with van der Waals surface area (Å²) in [4.78, 5) is 16.4. The third kappa shape index (κ3) is 4.79. The number of hydrogen-bond acceptors (Lipinski definition) is 4. The summed E-state index contributed by atoms with van der Waals surface area (Å²) in [5.41, 5.74) is 1.02. The summed E-state index contributed by atoms with van der Waals surface area (Å²) in [6.07, 6.45) is 6.26. The summed E-state index contributed by atoms with van der Waals surface area (Å²) in [7, 11) is 0. The molecule has 0 aliphatic rings. The molecule has 0 aliphatic carbocycles. The molecule has 0 saturated carbocycles. The van der Waals surface area contributed by atoms with Gasteiger partial charge < -0.3 is 15.7 Å². The summed E-state index contributed by atoms with van der Waals surface area (Å²) >= 11 is 0. The van der Waals surface area contributed by atoms with E-state index in [1.807, 2.05) is 32.0 Å². The van der Waals surface area contributed by atoms with Crippen molar-refractivity contribution in [3.63, 3.8) is 0 Å². The first-order chi connectivity index (χ1) is 11.6. The highest BCUT2D eigenvalue weighted by Crippen LogP contribution is 2.23. The molecule has 0 radical (unpaired) electrons. The van der Waals surface area contributed by atoms with E-state index in [0.717, 1.165) is 12.8 Å². The van der Waals surface area contributed by atoms with Gasteiger partial charge in [0.05, 0.1) is 23.2 Å². The van der Waals surface area contributed by atoms with Crippen molar-refractivity contribution in [1.29, 1.82) is 0 Å². The summed E-state index contributed by atoms with van der Waals surface area (Å²) in [5, 5.41) is 22.8. The Labute approximate surface area is 141 Å². The topological polar surface area (TPSA) is 103 Å². The van der Waals surface area contributed by atoms with Gasteiger partial charge in [-0.3, -0.25) is 10.1 Å². The lowest BCUT2D eigenvalue weighted by Crippen LogP contribution is -2.44. The zero-order valence-corrected chi connectivity index (χ0v) is 14.2. The van der Waals surface area contributed by atoms with Crippen molar-refractivity contribution >= 4 is 11.7 Å². The van der Waals surface area contributed by atoms with Crippen LogP contribution in [0.4, 0.5) is 10.5 Å². The molecule has 0 spiro atoms. The summed E-state index contributed by atoms with van der Waals surface area (Å²) in [6, 6.07) is 5.14. The molecular weight excluding hydrogens is 306 g/mol. The van der Waals surface area contributed by atoms with E-state index in [1.165, 1.54) is 6.20 Å². The minimum atomic E-state index is -0.860. The van der Waals surface area contributed by atoms with Crippen LogP contribution in [0.15, 0.2) is 30.6 Å². The van der Waals surface area contributed by atoms with E-state index in [-0.39, 0.29) is 12.6 Å². The molecule has 0 unspecified atom stereocenters.